The van der Waals surface area contributed by atoms with Crippen molar-refractivity contribution < 1.29 is 8.78 Å². The fourth-order valence-electron chi connectivity index (χ4n) is 1.82. The third-order valence-electron chi connectivity index (χ3n) is 2.87. The number of rotatable bonds is 3. The third-order valence-corrected chi connectivity index (χ3v) is 3.61. The maximum Gasteiger partial charge on any atom is 0.331 e. The van der Waals surface area contributed by atoms with Crippen molar-refractivity contribution in [2.24, 2.45) is 0 Å². The molecule has 0 amide bonds. The Hall–Kier alpha value is -1.51. The van der Waals surface area contributed by atoms with Crippen LogP contribution >= 0.6 is 22.6 Å². The molecule has 0 radical (unpaired) electrons. The molecule has 0 fully saturated rings. The Morgan fingerprint density at radius 3 is 2.60 bits per heavy atom. The number of aromatic nitrogens is 2. The molecular weight excluding hydrogens is 381 g/mol. The molecule has 2 aromatic rings. The zero-order valence-electron chi connectivity index (χ0n) is 10.6. The quantitative estimate of drug-likeness (QED) is 0.750. The molecule has 1 heterocycles. The smallest absolute Gasteiger partial charge is 0.300 e. The van der Waals surface area contributed by atoms with Crippen molar-refractivity contribution in [2.45, 2.75) is 20.0 Å². The van der Waals surface area contributed by atoms with E-state index < -0.39 is 22.9 Å². The molecule has 0 spiro atoms. The van der Waals surface area contributed by atoms with E-state index in [-0.39, 0.29) is 12.1 Å². The number of hydrogen-bond donors (Lipinski definition) is 0. The average Bonchev–Trinajstić information content (AvgIpc) is 2.42. The van der Waals surface area contributed by atoms with Gasteiger partial charge in [-0.3, -0.25) is 13.9 Å². The molecule has 0 aliphatic heterocycles. The number of aryl methyl sites for hydroxylation is 1. The van der Waals surface area contributed by atoms with Gasteiger partial charge >= 0.3 is 5.69 Å². The monoisotopic (exact) mass is 392 g/mol. The molecule has 0 saturated carbocycles. The predicted octanol–water partition coefficient (Wildman–Crippen LogP) is 1.96. The van der Waals surface area contributed by atoms with Crippen LogP contribution < -0.4 is 11.2 Å². The second-order valence-corrected chi connectivity index (χ2v) is 5.33. The summed E-state index contributed by atoms with van der Waals surface area (Å²) in [5, 5.41) is 0. The van der Waals surface area contributed by atoms with Crippen LogP contribution in [0.25, 0.3) is 0 Å². The topological polar surface area (TPSA) is 44.0 Å². The average molecular weight is 392 g/mol. The zero-order valence-corrected chi connectivity index (χ0v) is 12.7. The van der Waals surface area contributed by atoms with Crippen LogP contribution in [0.3, 0.4) is 0 Å². The van der Waals surface area contributed by atoms with Crippen molar-refractivity contribution in [3.63, 3.8) is 0 Å². The maximum atomic E-state index is 13.6. The molecule has 0 aliphatic carbocycles. The Balaban J connectivity index is 2.59. The van der Waals surface area contributed by atoms with Crippen LogP contribution in [-0.2, 0) is 13.1 Å². The van der Waals surface area contributed by atoms with E-state index in [4.69, 9.17) is 0 Å². The molecule has 0 bridgehead atoms. The Kier molecular flexibility index (Phi) is 4.36. The summed E-state index contributed by atoms with van der Waals surface area (Å²) in [5.41, 5.74) is -1.08. The summed E-state index contributed by atoms with van der Waals surface area (Å²) in [6, 6.07) is 2.94. The van der Waals surface area contributed by atoms with Crippen molar-refractivity contribution in [2.75, 3.05) is 0 Å². The van der Waals surface area contributed by atoms with Crippen molar-refractivity contribution >= 4 is 22.6 Å². The van der Waals surface area contributed by atoms with Gasteiger partial charge in [0, 0.05) is 18.3 Å². The van der Waals surface area contributed by atoms with Crippen LogP contribution in [0.1, 0.15) is 12.5 Å². The first-order valence-electron chi connectivity index (χ1n) is 5.87. The highest BCUT2D eigenvalue weighted by atomic mass is 127. The molecule has 0 N–H and O–H groups in total. The van der Waals surface area contributed by atoms with Gasteiger partial charge in [0.05, 0.1) is 10.1 Å². The summed E-state index contributed by atoms with van der Waals surface area (Å²) in [5.74, 6) is -1.27. The van der Waals surface area contributed by atoms with E-state index in [1.165, 1.54) is 10.8 Å². The van der Waals surface area contributed by atoms with E-state index in [0.717, 1.165) is 22.8 Å². The molecule has 0 saturated heterocycles. The molecule has 1 aromatic carbocycles. The van der Waals surface area contributed by atoms with Gasteiger partial charge in [-0.1, -0.05) is 0 Å². The van der Waals surface area contributed by atoms with Gasteiger partial charge in [-0.2, -0.15) is 0 Å². The first-order chi connectivity index (χ1) is 9.43. The third kappa shape index (κ3) is 2.82. The Labute approximate surface area is 126 Å². The summed E-state index contributed by atoms with van der Waals surface area (Å²) in [4.78, 5) is 24.1. The fourth-order valence-corrected chi connectivity index (χ4v) is 2.45. The minimum atomic E-state index is -0.653. The summed E-state index contributed by atoms with van der Waals surface area (Å²) in [6.07, 6.45) is 1.45. The fraction of sp³-hybridized carbons (Fsp3) is 0.231. The Morgan fingerprint density at radius 1 is 1.25 bits per heavy atom. The second kappa shape index (κ2) is 5.86. The van der Waals surface area contributed by atoms with Gasteiger partial charge in [0.25, 0.3) is 5.56 Å². The molecule has 4 nitrogen and oxygen atoms in total. The minimum absolute atomic E-state index is 0.0335. The van der Waals surface area contributed by atoms with E-state index in [0.29, 0.717) is 10.1 Å². The Morgan fingerprint density at radius 2 is 1.95 bits per heavy atom. The second-order valence-electron chi connectivity index (χ2n) is 4.17. The number of hydrogen-bond acceptors (Lipinski definition) is 2. The van der Waals surface area contributed by atoms with E-state index in [2.05, 4.69) is 0 Å². The molecule has 106 valence electrons. The molecule has 2 rings (SSSR count). The highest BCUT2D eigenvalue weighted by Gasteiger charge is 2.12. The summed E-state index contributed by atoms with van der Waals surface area (Å²) < 4.78 is 29.3. The van der Waals surface area contributed by atoms with Gasteiger partial charge in [0.2, 0.25) is 0 Å². The van der Waals surface area contributed by atoms with Crippen LogP contribution in [0.4, 0.5) is 8.78 Å². The van der Waals surface area contributed by atoms with Crippen molar-refractivity contribution in [3.8, 4) is 0 Å². The maximum absolute atomic E-state index is 13.6. The lowest BCUT2D eigenvalue weighted by Crippen LogP contribution is -2.41. The normalized spacial score (nSPS) is 10.8. The lowest BCUT2D eigenvalue weighted by atomic mass is 10.2. The molecular formula is C13H11F2IN2O2. The molecule has 7 heteroatoms. The summed E-state index contributed by atoms with van der Waals surface area (Å²) >= 11 is 1.81. The van der Waals surface area contributed by atoms with Crippen LogP contribution in [0.15, 0.2) is 34.0 Å². The number of benzene rings is 1. The van der Waals surface area contributed by atoms with Crippen LogP contribution in [0, 0.1) is 15.2 Å². The van der Waals surface area contributed by atoms with Gasteiger partial charge in [0.15, 0.2) is 0 Å². The largest absolute Gasteiger partial charge is 0.331 e. The Bertz CT molecular complexity index is 768. The van der Waals surface area contributed by atoms with Gasteiger partial charge in [-0.15, -0.1) is 0 Å². The van der Waals surface area contributed by atoms with E-state index in [9.17, 15) is 18.4 Å². The summed E-state index contributed by atoms with van der Waals surface area (Å²) in [6.45, 7) is 1.86. The van der Waals surface area contributed by atoms with Crippen molar-refractivity contribution in [1.29, 1.82) is 0 Å². The van der Waals surface area contributed by atoms with Gasteiger partial charge in [-0.05, 0) is 47.7 Å². The lowest BCUT2D eigenvalue weighted by molar-refractivity contribution is 0.552. The van der Waals surface area contributed by atoms with E-state index in [1.54, 1.807) is 6.92 Å². The highest BCUT2D eigenvalue weighted by Crippen LogP contribution is 2.10. The van der Waals surface area contributed by atoms with Crippen LogP contribution in [0.2, 0.25) is 0 Å². The van der Waals surface area contributed by atoms with Gasteiger partial charge in [0.1, 0.15) is 11.6 Å². The predicted molar refractivity (Wildman–Crippen MR) is 78.8 cm³/mol. The molecule has 1 aromatic heterocycles. The van der Waals surface area contributed by atoms with Crippen molar-refractivity contribution in [1.82, 2.24) is 9.13 Å². The molecule has 0 aliphatic rings. The van der Waals surface area contributed by atoms with Crippen LogP contribution in [0.5, 0.6) is 0 Å². The molecule has 0 atom stereocenters. The van der Waals surface area contributed by atoms with Crippen molar-refractivity contribution in [3.05, 3.63) is 66.0 Å². The zero-order chi connectivity index (χ0) is 14.9. The molecule has 20 heavy (non-hydrogen) atoms. The minimum Gasteiger partial charge on any atom is -0.300 e. The van der Waals surface area contributed by atoms with Gasteiger partial charge < -0.3 is 0 Å². The SMILES string of the molecule is CCn1cc(I)c(=O)n(Cc2cc(F)ccc2F)c1=O. The molecule has 0 unspecified atom stereocenters. The van der Waals surface area contributed by atoms with E-state index in [1.807, 2.05) is 22.6 Å². The lowest BCUT2D eigenvalue weighted by Gasteiger charge is -2.10. The first kappa shape index (κ1) is 14.9. The number of halogens is 3. The summed E-state index contributed by atoms with van der Waals surface area (Å²) in [7, 11) is 0. The first-order valence-corrected chi connectivity index (χ1v) is 6.95. The highest BCUT2D eigenvalue weighted by molar-refractivity contribution is 14.1. The number of nitrogens with zero attached hydrogens (tertiary/aromatic N) is 2. The standard InChI is InChI=1S/C13H11F2IN2O2/c1-2-17-7-11(16)12(19)18(13(17)20)6-8-5-9(14)3-4-10(8)15/h3-5,7H,2,6H2,1H3. The van der Waals surface area contributed by atoms with Gasteiger partial charge in [-0.25, -0.2) is 13.6 Å². The van der Waals surface area contributed by atoms with E-state index >= 15 is 0 Å². The van der Waals surface area contributed by atoms with Crippen LogP contribution in [-0.4, -0.2) is 9.13 Å².